The molecule has 28 heavy (non-hydrogen) atoms. The molecule has 2 aliphatic rings. The standard InChI is InChI=1S/C20H24N4O4/c21-18(25)12-24-9-7-22-20(24)15-2-1-8-23(11-15)19(26)6-4-14-3-5-16-17(10-14)28-13-27-16/h3,5,7,9-10,15H,1-2,4,6,8,11-13H2,(H2,21,25)/t15-/m0/s1. The molecule has 0 aliphatic carbocycles. The summed E-state index contributed by atoms with van der Waals surface area (Å²) in [6.45, 7) is 1.74. The number of carbonyl (C=O) groups is 2. The van der Waals surface area contributed by atoms with Gasteiger partial charge >= 0.3 is 0 Å². The molecule has 148 valence electrons. The molecule has 8 nitrogen and oxygen atoms in total. The van der Waals surface area contributed by atoms with Crippen molar-refractivity contribution in [3.63, 3.8) is 0 Å². The van der Waals surface area contributed by atoms with Gasteiger partial charge in [-0.05, 0) is 37.0 Å². The van der Waals surface area contributed by atoms with Crippen LogP contribution >= 0.6 is 0 Å². The monoisotopic (exact) mass is 384 g/mol. The Labute approximate surface area is 163 Å². The van der Waals surface area contributed by atoms with Gasteiger partial charge in [-0.1, -0.05) is 6.07 Å². The fourth-order valence-electron chi connectivity index (χ4n) is 3.90. The minimum atomic E-state index is -0.397. The molecule has 0 unspecified atom stereocenters. The maximum absolute atomic E-state index is 12.8. The predicted molar refractivity (Wildman–Crippen MR) is 101 cm³/mol. The molecule has 0 spiro atoms. The number of fused-ring (bicyclic) bond motifs is 1. The second kappa shape index (κ2) is 7.92. The molecule has 1 aromatic heterocycles. The molecule has 2 amide bonds. The largest absolute Gasteiger partial charge is 0.454 e. The van der Waals surface area contributed by atoms with Gasteiger partial charge in [0, 0.05) is 37.8 Å². The summed E-state index contributed by atoms with van der Waals surface area (Å²) in [6.07, 6.45) is 6.42. The summed E-state index contributed by atoms with van der Waals surface area (Å²) < 4.78 is 12.5. The van der Waals surface area contributed by atoms with Crippen LogP contribution in [-0.2, 0) is 22.6 Å². The van der Waals surface area contributed by atoms with Crippen molar-refractivity contribution in [1.82, 2.24) is 14.5 Å². The zero-order valence-electron chi connectivity index (χ0n) is 15.7. The molecule has 2 aliphatic heterocycles. The Morgan fingerprint density at radius 2 is 2.11 bits per heavy atom. The number of aryl methyl sites for hydroxylation is 1. The van der Waals surface area contributed by atoms with Crippen LogP contribution in [-0.4, -0.2) is 46.1 Å². The first-order valence-electron chi connectivity index (χ1n) is 9.56. The molecule has 4 rings (SSSR count). The van der Waals surface area contributed by atoms with E-state index in [4.69, 9.17) is 15.2 Å². The highest BCUT2D eigenvalue weighted by Gasteiger charge is 2.27. The number of piperidine rings is 1. The number of aromatic nitrogens is 2. The maximum atomic E-state index is 12.8. The topological polar surface area (TPSA) is 99.7 Å². The number of hydrogen-bond acceptors (Lipinski definition) is 5. The SMILES string of the molecule is NC(=O)Cn1ccnc1[C@H]1CCCN(C(=O)CCc2ccc3c(c2)OCO3)C1. The first kappa shape index (κ1) is 18.3. The van der Waals surface area contributed by atoms with Crippen molar-refractivity contribution < 1.29 is 19.1 Å². The van der Waals surface area contributed by atoms with E-state index in [1.54, 1.807) is 17.0 Å². The molecule has 8 heteroatoms. The number of benzene rings is 1. The number of hydrogen-bond donors (Lipinski definition) is 1. The van der Waals surface area contributed by atoms with E-state index in [0.29, 0.717) is 19.4 Å². The van der Waals surface area contributed by atoms with Gasteiger partial charge in [-0.2, -0.15) is 0 Å². The summed E-state index contributed by atoms with van der Waals surface area (Å²) in [5, 5.41) is 0. The van der Waals surface area contributed by atoms with Crippen molar-refractivity contribution >= 4 is 11.8 Å². The average Bonchev–Trinajstić information content (AvgIpc) is 3.34. The highest BCUT2D eigenvalue weighted by atomic mass is 16.7. The molecule has 0 bridgehead atoms. The molecule has 1 aromatic carbocycles. The minimum absolute atomic E-state index is 0.115. The number of carbonyl (C=O) groups excluding carboxylic acids is 2. The van der Waals surface area contributed by atoms with Crippen LogP contribution in [0.4, 0.5) is 0 Å². The summed E-state index contributed by atoms with van der Waals surface area (Å²) >= 11 is 0. The molecule has 3 heterocycles. The van der Waals surface area contributed by atoms with Crippen LogP contribution in [0.5, 0.6) is 11.5 Å². The third-order valence-electron chi connectivity index (χ3n) is 5.28. The van der Waals surface area contributed by atoms with Gasteiger partial charge in [0.25, 0.3) is 0 Å². The number of likely N-dealkylation sites (tertiary alicyclic amines) is 1. The van der Waals surface area contributed by atoms with Crippen molar-refractivity contribution in [3.05, 3.63) is 42.0 Å². The molecule has 2 N–H and O–H groups in total. The van der Waals surface area contributed by atoms with E-state index in [1.165, 1.54) is 0 Å². The third-order valence-corrected chi connectivity index (χ3v) is 5.28. The van der Waals surface area contributed by atoms with E-state index >= 15 is 0 Å². The van der Waals surface area contributed by atoms with Gasteiger partial charge in [0.05, 0.1) is 0 Å². The quantitative estimate of drug-likeness (QED) is 0.812. The van der Waals surface area contributed by atoms with Crippen molar-refractivity contribution in [3.8, 4) is 11.5 Å². The zero-order valence-corrected chi connectivity index (χ0v) is 15.7. The zero-order chi connectivity index (χ0) is 19.5. The summed E-state index contributed by atoms with van der Waals surface area (Å²) in [4.78, 5) is 30.3. The van der Waals surface area contributed by atoms with Crippen LogP contribution in [0.25, 0.3) is 0 Å². The Morgan fingerprint density at radius 3 is 2.96 bits per heavy atom. The first-order chi connectivity index (χ1) is 13.6. The van der Waals surface area contributed by atoms with Crippen LogP contribution in [0.15, 0.2) is 30.6 Å². The molecule has 0 radical (unpaired) electrons. The van der Waals surface area contributed by atoms with E-state index in [9.17, 15) is 9.59 Å². The van der Waals surface area contributed by atoms with Crippen LogP contribution in [0.3, 0.4) is 0 Å². The average molecular weight is 384 g/mol. The highest BCUT2D eigenvalue weighted by molar-refractivity contribution is 5.76. The maximum Gasteiger partial charge on any atom is 0.237 e. The lowest BCUT2D eigenvalue weighted by Gasteiger charge is -2.32. The van der Waals surface area contributed by atoms with E-state index < -0.39 is 5.91 Å². The first-order valence-corrected chi connectivity index (χ1v) is 9.56. The third kappa shape index (κ3) is 3.95. The Hall–Kier alpha value is -3.03. The van der Waals surface area contributed by atoms with Gasteiger partial charge in [-0.15, -0.1) is 0 Å². The lowest BCUT2D eigenvalue weighted by Crippen LogP contribution is -2.40. The molecule has 1 fully saturated rings. The summed E-state index contributed by atoms with van der Waals surface area (Å²) in [5.74, 6) is 2.18. The number of ether oxygens (including phenoxy) is 2. The molecule has 1 atom stereocenters. The molecule has 2 aromatic rings. The smallest absolute Gasteiger partial charge is 0.237 e. The summed E-state index contributed by atoms with van der Waals surface area (Å²) in [7, 11) is 0. The lowest BCUT2D eigenvalue weighted by molar-refractivity contribution is -0.132. The van der Waals surface area contributed by atoms with E-state index in [1.807, 2.05) is 23.1 Å². The summed E-state index contributed by atoms with van der Waals surface area (Å²) in [6, 6.07) is 5.80. The van der Waals surface area contributed by atoms with Gasteiger partial charge in [-0.3, -0.25) is 9.59 Å². The van der Waals surface area contributed by atoms with Crippen molar-refractivity contribution in [2.45, 2.75) is 38.1 Å². The number of imidazole rings is 1. The van der Waals surface area contributed by atoms with Crippen molar-refractivity contribution in [1.29, 1.82) is 0 Å². The van der Waals surface area contributed by atoms with E-state index in [-0.39, 0.29) is 25.2 Å². The predicted octanol–water partition coefficient (Wildman–Crippen LogP) is 1.44. The van der Waals surface area contributed by atoms with Crippen molar-refractivity contribution in [2.75, 3.05) is 19.9 Å². The number of nitrogens with zero attached hydrogens (tertiary/aromatic N) is 3. The lowest BCUT2D eigenvalue weighted by atomic mass is 9.96. The fraction of sp³-hybridized carbons (Fsp3) is 0.450. The molecule has 1 saturated heterocycles. The van der Waals surface area contributed by atoms with Crippen LogP contribution in [0, 0.1) is 0 Å². The van der Waals surface area contributed by atoms with Gasteiger partial charge in [0.1, 0.15) is 12.4 Å². The fourth-order valence-corrected chi connectivity index (χ4v) is 3.90. The Morgan fingerprint density at radius 1 is 1.25 bits per heavy atom. The number of primary amides is 1. The van der Waals surface area contributed by atoms with Gasteiger partial charge < -0.3 is 24.7 Å². The summed E-state index contributed by atoms with van der Waals surface area (Å²) in [5.41, 5.74) is 6.38. The van der Waals surface area contributed by atoms with Crippen LogP contribution in [0.1, 0.15) is 36.6 Å². The van der Waals surface area contributed by atoms with Crippen molar-refractivity contribution in [2.24, 2.45) is 5.73 Å². The minimum Gasteiger partial charge on any atom is -0.454 e. The molecular formula is C20H24N4O4. The Balaban J connectivity index is 1.36. The van der Waals surface area contributed by atoms with E-state index in [2.05, 4.69) is 4.98 Å². The number of nitrogens with two attached hydrogens (primary N) is 1. The number of rotatable bonds is 6. The molecular weight excluding hydrogens is 360 g/mol. The van der Waals surface area contributed by atoms with Gasteiger partial charge in [0.15, 0.2) is 11.5 Å². The number of amides is 2. The van der Waals surface area contributed by atoms with Crippen LogP contribution in [0.2, 0.25) is 0 Å². The molecule has 0 saturated carbocycles. The highest BCUT2D eigenvalue weighted by Crippen LogP contribution is 2.33. The second-order valence-corrected chi connectivity index (χ2v) is 7.25. The van der Waals surface area contributed by atoms with Gasteiger partial charge in [-0.25, -0.2) is 4.98 Å². The Kier molecular flexibility index (Phi) is 5.18. The normalized spacial score (nSPS) is 18.3. The van der Waals surface area contributed by atoms with Gasteiger partial charge in [0.2, 0.25) is 18.6 Å². The second-order valence-electron chi connectivity index (χ2n) is 7.25. The Bertz CT molecular complexity index is 879. The van der Waals surface area contributed by atoms with E-state index in [0.717, 1.165) is 42.3 Å². The van der Waals surface area contributed by atoms with Crippen LogP contribution < -0.4 is 15.2 Å².